The highest BCUT2D eigenvalue weighted by molar-refractivity contribution is 5.14. The summed E-state index contributed by atoms with van der Waals surface area (Å²) in [6, 6.07) is 10.6. The second-order valence-electron chi connectivity index (χ2n) is 4.37. The summed E-state index contributed by atoms with van der Waals surface area (Å²) in [6.45, 7) is 0.850. The van der Waals surface area contributed by atoms with Crippen LogP contribution in [0.25, 0.3) is 0 Å². The van der Waals surface area contributed by atoms with E-state index in [0.717, 1.165) is 19.4 Å². The van der Waals surface area contributed by atoms with Gasteiger partial charge in [-0.2, -0.15) is 0 Å². The summed E-state index contributed by atoms with van der Waals surface area (Å²) in [5, 5.41) is 0. The molecule has 0 heterocycles. The van der Waals surface area contributed by atoms with Crippen molar-refractivity contribution >= 4 is 0 Å². The van der Waals surface area contributed by atoms with Crippen molar-refractivity contribution in [1.82, 2.24) is 0 Å². The van der Waals surface area contributed by atoms with Gasteiger partial charge in [0.25, 0.3) is 0 Å². The molecule has 1 atom stereocenters. The first-order valence-corrected chi connectivity index (χ1v) is 6.25. The minimum atomic E-state index is 0.447. The summed E-state index contributed by atoms with van der Waals surface area (Å²) in [5.74, 6) is 0. The van der Waals surface area contributed by atoms with Crippen molar-refractivity contribution in [1.29, 1.82) is 0 Å². The standard InChI is InChI=1S/C15H20O/c1-2-7-11-15(10-6-1)16-13-12-14-8-4-3-5-9-14/h1,3-6,8-9,15H,2,7,10-13H2. The number of allylic oxidation sites excluding steroid dienone is 1. The molecular formula is C15H20O. The van der Waals surface area contributed by atoms with E-state index in [1.54, 1.807) is 0 Å². The molecule has 0 amide bonds. The average molecular weight is 216 g/mol. The SMILES string of the molecule is C1=CCC(OCCc2ccccc2)CCC1. The summed E-state index contributed by atoms with van der Waals surface area (Å²) in [4.78, 5) is 0. The van der Waals surface area contributed by atoms with Crippen LogP contribution >= 0.6 is 0 Å². The summed E-state index contributed by atoms with van der Waals surface area (Å²) in [7, 11) is 0. The molecule has 1 nitrogen and oxygen atoms in total. The van der Waals surface area contributed by atoms with Gasteiger partial charge in [0.2, 0.25) is 0 Å². The van der Waals surface area contributed by atoms with Crippen LogP contribution in [0.4, 0.5) is 0 Å². The lowest BCUT2D eigenvalue weighted by molar-refractivity contribution is 0.0517. The van der Waals surface area contributed by atoms with E-state index in [-0.39, 0.29) is 0 Å². The quantitative estimate of drug-likeness (QED) is 0.697. The molecule has 0 saturated carbocycles. The molecule has 0 saturated heterocycles. The van der Waals surface area contributed by atoms with Gasteiger partial charge in [0.15, 0.2) is 0 Å². The van der Waals surface area contributed by atoms with Crippen molar-refractivity contribution in [3.8, 4) is 0 Å². The Hall–Kier alpha value is -1.08. The molecule has 0 radical (unpaired) electrons. The van der Waals surface area contributed by atoms with Crippen LogP contribution in [0.2, 0.25) is 0 Å². The Morgan fingerprint density at radius 3 is 2.88 bits per heavy atom. The van der Waals surface area contributed by atoms with Crippen molar-refractivity contribution in [3.63, 3.8) is 0 Å². The fourth-order valence-electron chi connectivity index (χ4n) is 2.09. The lowest BCUT2D eigenvalue weighted by Crippen LogP contribution is -2.13. The number of hydrogen-bond acceptors (Lipinski definition) is 1. The Morgan fingerprint density at radius 2 is 2.00 bits per heavy atom. The van der Waals surface area contributed by atoms with Crippen LogP contribution in [0.15, 0.2) is 42.5 Å². The van der Waals surface area contributed by atoms with Crippen LogP contribution in [-0.4, -0.2) is 12.7 Å². The summed E-state index contributed by atoms with van der Waals surface area (Å²) >= 11 is 0. The molecule has 0 N–H and O–H groups in total. The van der Waals surface area contributed by atoms with Gasteiger partial charge in [-0.15, -0.1) is 0 Å². The molecule has 2 rings (SSSR count). The van der Waals surface area contributed by atoms with Crippen molar-refractivity contribution in [2.45, 2.75) is 38.2 Å². The molecule has 0 bridgehead atoms. The third-order valence-electron chi connectivity index (χ3n) is 3.05. The number of ether oxygens (including phenoxy) is 1. The topological polar surface area (TPSA) is 9.23 Å². The molecule has 0 aliphatic heterocycles. The van der Waals surface area contributed by atoms with Gasteiger partial charge >= 0.3 is 0 Å². The number of benzene rings is 1. The fraction of sp³-hybridized carbons (Fsp3) is 0.467. The second kappa shape index (κ2) is 6.49. The van der Waals surface area contributed by atoms with Gasteiger partial charge in [0.05, 0.1) is 12.7 Å². The minimum Gasteiger partial charge on any atom is -0.378 e. The molecule has 1 heteroatoms. The van der Waals surface area contributed by atoms with Crippen molar-refractivity contribution in [2.75, 3.05) is 6.61 Å². The first-order chi connectivity index (χ1) is 7.95. The van der Waals surface area contributed by atoms with Crippen molar-refractivity contribution in [2.24, 2.45) is 0 Å². The Balaban J connectivity index is 1.69. The molecule has 86 valence electrons. The first-order valence-electron chi connectivity index (χ1n) is 6.25. The maximum atomic E-state index is 5.92. The van der Waals surface area contributed by atoms with Gasteiger partial charge in [-0.05, 0) is 37.7 Å². The average Bonchev–Trinajstić information content (AvgIpc) is 2.59. The smallest absolute Gasteiger partial charge is 0.0609 e. The Labute approximate surface area is 98.1 Å². The van der Waals surface area contributed by atoms with Crippen LogP contribution in [-0.2, 0) is 11.2 Å². The number of hydrogen-bond donors (Lipinski definition) is 0. The molecule has 1 aromatic rings. The van der Waals surface area contributed by atoms with Crippen LogP contribution in [0.1, 0.15) is 31.2 Å². The summed E-state index contributed by atoms with van der Waals surface area (Å²) in [6.07, 6.45) is 10.8. The highest BCUT2D eigenvalue weighted by Gasteiger charge is 2.08. The van der Waals surface area contributed by atoms with Gasteiger partial charge in [-0.25, -0.2) is 0 Å². The van der Waals surface area contributed by atoms with E-state index in [1.165, 1.54) is 24.8 Å². The zero-order chi connectivity index (χ0) is 11.1. The normalized spacial score (nSPS) is 20.6. The van der Waals surface area contributed by atoms with E-state index in [0.29, 0.717) is 6.10 Å². The molecular weight excluding hydrogens is 196 g/mol. The molecule has 16 heavy (non-hydrogen) atoms. The molecule has 1 aliphatic carbocycles. The summed E-state index contributed by atoms with van der Waals surface area (Å²) < 4.78 is 5.92. The van der Waals surface area contributed by atoms with Gasteiger partial charge in [-0.3, -0.25) is 0 Å². The Kier molecular flexibility index (Phi) is 4.63. The number of rotatable bonds is 4. The highest BCUT2D eigenvalue weighted by atomic mass is 16.5. The highest BCUT2D eigenvalue weighted by Crippen LogP contribution is 2.15. The zero-order valence-corrected chi connectivity index (χ0v) is 9.77. The van der Waals surface area contributed by atoms with Gasteiger partial charge < -0.3 is 4.74 Å². The van der Waals surface area contributed by atoms with E-state index in [1.807, 2.05) is 0 Å². The predicted molar refractivity (Wildman–Crippen MR) is 67.5 cm³/mol. The maximum absolute atomic E-state index is 5.92. The molecule has 1 unspecified atom stereocenters. The van der Waals surface area contributed by atoms with Crippen molar-refractivity contribution < 1.29 is 4.74 Å². The maximum Gasteiger partial charge on any atom is 0.0609 e. The molecule has 0 fully saturated rings. The lowest BCUT2D eigenvalue weighted by Gasteiger charge is -2.14. The van der Waals surface area contributed by atoms with Crippen LogP contribution in [0.3, 0.4) is 0 Å². The molecule has 1 aromatic carbocycles. The van der Waals surface area contributed by atoms with Gasteiger partial charge in [0.1, 0.15) is 0 Å². The third-order valence-corrected chi connectivity index (χ3v) is 3.05. The first kappa shape index (κ1) is 11.4. The van der Waals surface area contributed by atoms with Gasteiger partial charge in [-0.1, -0.05) is 42.5 Å². The second-order valence-corrected chi connectivity index (χ2v) is 4.37. The Morgan fingerprint density at radius 1 is 1.12 bits per heavy atom. The monoisotopic (exact) mass is 216 g/mol. The van der Waals surface area contributed by atoms with Crippen LogP contribution in [0.5, 0.6) is 0 Å². The van der Waals surface area contributed by atoms with Crippen LogP contribution in [0, 0.1) is 0 Å². The molecule has 0 aromatic heterocycles. The van der Waals surface area contributed by atoms with E-state index < -0.39 is 0 Å². The van der Waals surface area contributed by atoms with E-state index in [4.69, 9.17) is 4.74 Å². The van der Waals surface area contributed by atoms with Gasteiger partial charge in [0, 0.05) is 0 Å². The predicted octanol–water partition coefficient (Wildman–Crippen LogP) is 3.74. The fourth-order valence-corrected chi connectivity index (χ4v) is 2.09. The molecule has 1 aliphatic rings. The lowest BCUT2D eigenvalue weighted by atomic mass is 10.1. The van der Waals surface area contributed by atoms with E-state index >= 15 is 0 Å². The van der Waals surface area contributed by atoms with E-state index in [9.17, 15) is 0 Å². The van der Waals surface area contributed by atoms with E-state index in [2.05, 4.69) is 42.5 Å². The Bertz CT molecular complexity index is 315. The van der Waals surface area contributed by atoms with Crippen molar-refractivity contribution in [3.05, 3.63) is 48.0 Å². The van der Waals surface area contributed by atoms with Crippen LogP contribution < -0.4 is 0 Å². The summed E-state index contributed by atoms with van der Waals surface area (Å²) in [5.41, 5.74) is 1.37. The largest absolute Gasteiger partial charge is 0.378 e. The zero-order valence-electron chi connectivity index (χ0n) is 9.77. The third kappa shape index (κ3) is 3.82. The molecule has 0 spiro atoms. The minimum absolute atomic E-state index is 0.447.